The van der Waals surface area contributed by atoms with Crippen LogP contribution in [0.25, 0.3) is 5.76 Å². The van der Waals surface area contributed by atoms with Crippen molar-refractivity contribution in [1.29, 1.82) is 0 Å². The van der Waals surface area contributed by atoms with Crippen molar-refractivity contribution in [1.82, 2.24) is 9.88 Å². The second kappa shape index (κ2) is 7.88. The molecular weight excluding hydrogens is 396 g/mol. The maximum Gasteiger partial charge on any atom is 0.295 e. The summed E-state index contributed by atoms with van der Waals surface area (Å²) in [6, 6.07) is 10.7. The number of hydrogen-bond acceptors (Lipinski definition) is 5. The Hall–Kier alpha value is -3.25. The average molecular weight is 419 g/mol. The fraction of sp³-hybridized carbons (Fsp3) is 0.208. The topological polar surface area (TPSA) is 70.5 Å². The molecule has 3 heterocycles. The number of thiophene rings is 1. The molecule has 1 N–H and O–H groups in total. The lowest BCUT2D eigenvalue weighted by Crippen LogP contribution is -2.29. The second-order valence-corrected chi connectivity index (χ2v) is 8.52. The van der Waals surface area contributed by atoms with Crippen molar-refractivity contribution in [2.45, 2.75) is 33.4 Å². The van der Waals surface area contributed by atoms with Crippen molar-refractivity contribution < 1.29 is 14.7 Å². The molecule has 152 valence electrons. The number of amides is 1. The molecular formula is C24H22N2O3S. The van der Waals surface area contributed by atoms with Gasteiger partial charge in [-0.15, -0.1) is 11.3 Å². The van der Waals surface area contributed by atoms with Gasteiger partial charge >= 0.3 is 0 Å². The zero-order valence-electron chi connectivity index (χ0n) is 17.0. The number of pyridine rings is 1. The minimum atomic E-state index is -0.653. The van der Waals surface area contributed by atoms with Gasteiger partial charge in [0.05, 0.1) is 5.57 Å². The zero-order valence-corrected chi connectivity index (χ0v) is 17.9. The molecule has 1 saturated heterocycles. The minimum absolute atomic E-state index is 0.121. The van der Waals surface area contributed by atoms with E-state index in [2.05, 4.69) is 4.98 Å². The van der Waals surface area contributed by atoms with E-state index in [9.17, 15) is 14.7 Å². The standard InChI is InChI=1S/C24H22N2O3S/c1-14-4-5-15(2)18(12-14)21(27)19-20(23-16(3)8-11-30-23)26(24(29)22(19)28)13-17-6-9-25-10-7-17/h4-12,20,27H,13H2,1-3H3/b21-19+. The van der Waals surface area contributed by atoms with Gasteiger partial charge in [-0.25, -0.2) is 0 Å². The van der Waals surface area contributed by atoms with Crippen LogP contribution in [0.4, 0.5) is 0 Å². The Morgan fingerprint density at radius 1 is 1.07 bits per heavy atom. The highest BCUT2D eigenvalue weighted by Crippen LogP contribution is 2.43. The predicted molar refractivity (Wildman–Crippen MR) is 117 cm³/mol. The number of hydrogen-bond donors (Lipinski definition) is 1. The first-order valence-electron chi connectivity index (χ1n) is 9.67. The Bertz CT molecular complexity index is 1160. The van der Waals surface area contributed by atoms with E-state index in [0.29, 0.717) is 5.56 Å². The van der Waals surface area contributed by atoms with Crippen molar-refractivity contribution in [3.63, 3.8) is 0 Å². The summed E-state index contributed by atoms with van der Waals surface area (Å²) in [7, 11) is 0. The van der Waals surface area contributed by atoms with Crippen LogP contribution >= 0.6 is 11.3 Å². The third kappa shape index (κ3) is 3.44. The van der Waals surface area contributed by atoms with Gasteiger partial charge in [0, 0.05) is 29.4 Å². The van der Waals surface area contributed by atoms with Crippen LogP contribution < -0.4 is 0 Å². The number of rotatable bonds is 4. The molecule has 5 nitrogen and oxygen atoms in total. The Labute approximate surface area is 179 Å². The van der Waals surface area contributed by atoms with Crippen LogP contribution in [0.2, 0.25) is 0 Å². The lowest BCUT2D eigenvalue weighted by molar-refractivity contribution is -0.140. The fourth-order valence-corrected chi connectivity index (χ4v) is 4.85. The number of aliphatic hydroxyl groups is 1. The van der Waals surface area contributed by atoms with E-state index in [-0.39, 0.29) is 17.9 Å². The molecule has 0 spiro atoms. The fourth-order valence-electron chi connectivity index (χ4n) is 3.80. The summed E-state index contributed by atoms with van der Waals surface area (Å²) in [5, 5.41) is 13.2. The third-order valence-electron chi connectivity index (χ3n) is 5.44. The number of aliphatic hydroxyl groups excluding tert-OH is 1. The van der Waals surface area contributed by atoms with Crippen LogP contribution in [-0.2, 0) is 16.1 Å². The molecule has 6 heteroatoms. The Kier molecular flexibility index (Phi) is 5.26. The van der Waals surface area contributed by atoms with Crippen LogP contribution in [0.5, 0.6) is 0 Å². The van der Waals surface area contributed by atoms with E-state index in [1.807, 2.05) is 62.5 Å². The van der Waals surface area contributed by atoms with Crippen molar-refractivity contribution in [3.05, 3.63) is 92.4 Å². The van der Waals surface area contributed by atoms with E-state index in [1.165, 1.54) is 11.3 Å². The van der Waals surface area contributed by atoms with Crippen LogP contribution in [0.15, 0.2) is 59.7 Å². The molecule has 1 unspecified atom stereocenters. The predicted octanol–water partition coefficient (Wildman–Crippen LogP) is 4.69. The van der Waals surface area contributed by atoms with E-state index < -0.39 is 17.7 Å². The first-order valence-corrected chi connectivity index (χ1v) is 10.6. The molecule has 2 aromatic heterocycles. The molecule has 3 aromatic rings. The molecule has 1 fully saturated rings. The molecule has 30 heavy (non-hydrogen) atoms. The van der Waals surface area contributed by atoms with Gasteiger partial charge in [-0.3, -0.25) is 14.6 Å². The van der Waals surface area contributed by atoms with Crippen LogP contribution in [0, 0.1) is 20.8 Å². The summed E-state index contributed by atoms with van der Waals surface area (Å²) in [4.78, 5) is 32.6. The summed E-state index contributed by atoms with van der Waals surface area (Å²) < 4.78 is 0. The van der Waals surface area contributed by atoms with Crippen molar-refractivity contribution in [3.8, 4) is 0 Å². The zero-order chi connectivity index (χ0) is 21.4. The highest BCUT2D eigenvalue weighted by atomic mass is 32.1. The first-order chi connectivity index (χ1) is 14.4. The van der Waals surface area contributed by atoms with Crippen LogP contribution in [-0.4, -0.2) is 26.7 Å². The van der Waals surface area contributed by atoms with Gasteiger partial charge in [0.15, 0.2) is 0 Å². The smallest absolute Gasteiger partial charge is 0.295 e. The molecule has 0 aliphatic carbocycles. The highest BCUT2D eigenvalue weighted by molar-refractivity contribution is 7.10. The highest BCUT2D eigenvalue weighted by Gasteiger charge is 2.47. The summed E-state index contributed by atoms with van der Waals surface area (Å²) >= 11 is 1.49. The van der Waals surface area contributed by atoms with Gasteiger partial charge in [0.25, 0.3) is 11.7 Å². The average Bonchev–Trinajstić information content (AvgIpc) is 3.26. The number of nitrogens with zero attached hydrogens (tertiary/aromatic N) is 2. The van der Waals surface area contributed by atoms with Gasteiger partial charge in [0.2, 0.25) is 0 Å². The van der Waals surface area contributed by atoms with Crippen molar-refractivity contribution >= 4 is 28.8 Å². The van der Waals surface area contributed by atoms with Crippen LogP contribution in [0.3, 0.4) is 0 Å². The van der Waals surface area contributed by atoms with E-state index >= 15 is 0 Å². The number of carbonyl (C=O) groups is 2. The quantitative estimate of drug-likeness (QED) is 0.379. The van der Waals surface area contributed by atoms with E-state index in [0.717, 1.165) is 27.1 Å². The molecule has 4 rings (SSSR count). The van der Waals surface area contributed by atoms with Crippen molar-refractivity contribution in [2.24, 2.45) is 0 Å². The lowest BCUT2D eigenvalue weighted by atomic mass is 9.95. The number of aryl methyl sites for hydroxylation is 3. The largest absolute Gasteiger partial charge is 0.507 e. The van der Waals surface area contributed by atoms with Gasteiger partial charge in [-0.1, -0.05) is 17.7 Å². The molecule has 1 aliphatic rings. The molecule has 0 radical (unpaired) electrons. The van der Waals surface area contributed by atoms with Gasteiger partial charge < -0.3 is 10.0 Å². The summed E-state index contributed by atoms with van der Waals surface area (Å²) in [6.45, 7) is 6.03. The third-order valence-corrected chi connectivity index (χ3v) is 6.51. The number of likely N-dealkylation sites (tertiary alicyclic amines) is 1. The number of benzene rings is 1. The Morgan fingerprint density at radius 2 is 1.80 bits per heavy atom. The molecule has 1 aliphatic heterocycles. The molecule has 1 amide bonds. The monoisotopic (exact) mass is 418 g/mol. The normalized spacial score (nSPS) is 18.2. The Balaban J connectivity index is 1.90. The first kappa shape index (κ1) is 20.0. The summed E-state index contributed by atoms with van der Waals surface area (Å²) in [5.41, 5.74) is 4.40. The second-order valence-electron chi connectivity index (χ2n) is 7.57. The maximum absolute atomic E-state index is 13.1. The molecule has 0 bridgehead atoms. The minimum Gasteiger partial charge on any atom is -0.507 e. The molecule has 0 saturated carbocycles. The van der Waals surface area contributed by atoms with Gasteiger partial charge in [-0.2, -0.15) is 0 Å². The van der Waals surface area contributed by atoms with Crippen LogP contribution in [0.1, 0.15) is 38.7 Å². The SMILES string of the molecule is Cc1ccc(C)c(/C(O)=C2\C(=O)C(=O)N(Cc3ccncc3)C2c2sccc2C)c1. The van der Waals surface area contributed by atoms with E-state index in [1.54, 1.807) is 17.3 Å². The van der Waals surface area contributed by atoms with E-state index in [4.69, 9.17) is 0 Å². The van der Waals surface area contributed by atoms with Crippen molar-refractivity contribution in [2.75, 3.05) is 0 Å². The van der Waals surface area contributed by atoms with Gasteiger partial charge in [-0.05, 0) is 67.1 Å². The van der Waals surface area contributed by atoms with Gasteiger partial charge in [0.1, 0.15) is 11.8 Å². The maximum atomic E-state index is 13.1. The lowest BCUT2D eigenvalue weighted by Gasteiger charge is -2.25. The number of ketones is 1. The Morgan fingerprint density at radius 3 is 2.47 bits per heavy atom. The number of aromatic nitrogens is 1. The number of Topliss-reactive ketones (excluding diaryl/α,β-unsaturated/α-hetero) is 1. The molecule has 1 aromatic carbocycles. The summed E-state index contributed by atoms with van der Waals surface area (Å²) in [6.07, 6.45) is 3.32. The number of carbonyl (C=O) groups excluding carboxylic acids is 2. The summed E-state index contributed by atoms with van der Waals surface area (Å²) in [5.74, 6) is -1.37. The molecule has 1 atom stereocenters.